The summed E-state index contributed by atoms with van der Waals surface area (Å²) in [6.45, 7) is 6.56. The molecule has 8 heteroatoms. The fourth-order valence-corrected chi connectivity index (χ4v) is 4.29. The lowest BCUT2D eigenvalue weighted by molar-refractivity contribution is -0.116. The van der Waals surface area contributed by atoms with Gasteiger partial charge in [0.15, 0.2) is 0 Å². The Hall–Kier alpha value is -3.43. The van der Waals surface area contributed by atoms with Gasteiger partial charge in [-0.15, -0.1) is 0 Å². The van der Waals surface area contributed by atoms with Crippen LogP contribution < -0.4 is 15.0 Å². The molecule has 0 heterocycles. The number of phenols is 1. The summed E-state index contributed by atoms with van der Waals surface area (Å²) in [7, 11) is 0. The Morgan fingerprint density at radius 1 is 1.02 bits per heavy atom. The minimum Gasteiger partial charge on any atom is -0.508 e. The Kier molecular flexibility index (Phi) is 12.9. The van der Waals surface area contributed by atoms with Gasteiger partial charge in [0.1, 0.15) is 18.1 Å². The molecule has 0 aliphatic heterocycles. The molecule has 0 aliphatic carbocycles. The van der Waals surface area contributed by atoms with Crippen LogP contribution in [0.1, 0.15) is 55.0 Å². The molecule has 0 spiro atoms. The highest BCUT2D eigenvalue weighted by Gasteiger charge is 2.12. The lowest BCUT2D eigenvalue weighted by Crippen LogP contribution is -2.29. The molecule has 0 bridgehead atoms. The van der Waals surface area contributed by atoms with E-state index in [4.69, 9.17) is 9.47 Å². The fraction of sp³-hybridized carbons (Fsp3) is 0.406. The molecular weight excluding hydrogens is 508 g/mol. The molecule has 0 aliphatic rings. The summed E-state index contributed by atoms with van der Waals surface area (Å²) in [6.07, 6.45) is 2.07. The average Bonchev–Trinajstić information content (AvgIpc) is 2.96. The minimum absolute atomic E-state index is 0.0217. The Morgan fingerprint density at radius 3 is 2.55 bits per heavy atom. The van der Waals surface area contributed by atoms with Crippen LogP contribution >= 0.6 is 0 Å². The Balaban J connectivity index is 1.33. The van der Waals surface area contributed by atoms with Crippen LogP contribution in [0.4, 0.5) is 5.69 Å². The van der Waals surface area contributed by atoms with Crippen LogP contribution in [0.3, 0.4) is 0 Å². The van der Waals surface area contributed by atoms with Gasteiger partial charge < -0.3 is 35.0 Å². The predicted octanol–water partition coefficient (Wildman–Crippen LogP) is 4.50. The van der Waals surface area contributed by atoms with Crippen molar-refractivity contribution in [1.82, 2.24) is 5.32 Å². The number of hydrogen-bond donors (Lipinski definition) is 4. The number of unbranched alkanes of at least 4 members (excludes halogenated alkanes) is 1. The summed E-state index contributed by atoms with van der Waals surface area (Å²) in [5.41, 5.74) is 4.12. The molecule has 0 saturated carbocycles. The second-order valence-electron chi connectivity index (χ2n) is 9.76. The van der Waals surface area contributed by atoms with E-state index in [1.54, 1.807) is 19.1 Å². The van der Waals surface area contributed by atoms with Gasteiger partial charge in [0, 0.05) is 31.3 Å². The third-order valence-corrected chi connectivity index (χ3v) is 6.61. The van der Waals surface area contributed by atoms with Crippen molar-refractivity contribution in [3.8, 4) is 11.5 Å². The number of nitrogens with one attached hydrogen (secondary N) is 1. The fourth-order valence-electron chi connectivity index (χ4n) is 4.29. The zero-order valence-corrected chi connectivity index (χ0v) is 23.5. The van der Waals surface area contributed by atoms with Gasteiger partial charge >= 0.3 is 0 Å². The average molecular weight is 551 g/mol. The molecule has 0 unspecified atom stereocenters. The highest BCUT2D eigenvalue weighted by molar-refractivity contribution is 5.91. The number of aliphatic hydroxyl groups is 2. The Labute approximate surface area is 237 Å². The summed E-state index contributed by atoms with van der Waals surface area (Å²) in [4.78, 5) is 13.8. The summed E-state index contributed by atoms with van der Waals surface area (Å²) >= 11 is 0. The van der Waals surface area contributed by atoms with Crippen molar-refractivity contribution in [1.29, 1.82) is 0 Å². The topological polar surface area (TPSA) is 111 Å². The normalized spacial score (nSPS) is 11.8. The minimum atomic E-state index is -0.728. The van der Waals surface area contributed by atoms with Crippen molar-refractivity contribution < 1.29 is 29.6 Å². The summed E-state index contributed by atoms with van der Waals surface area (Å²) in [5.74, 6) is 0.843. The standard InChI is InChI=1S/C32H42N2O6/c1-3-4-16-34(24(2)36)29-7-5-6-26(19-29)23-39-17-18-40-30-11-8-25(9-12-30)14-15-33-21-32(38)27-10-13-31(37)28(20-27)22-35/h5-13,19-20,32-33,35,37-38H,3-4,14-18,21-23H2,1-2H3/t32-/m1/s1. The van der Waals surface area contributed by atoms with Gasteiger partial charge in [-0.05, 0) is 72.5 Å². The number of anilines is 1. The first kappa shape index (κ1) is 31.1. The number of aliphatic hydroxyl groups excluding tert-OH is 2. The number of carbonyl (C=O) groups excluding carboxylic acids is 1. The van der Waals surface area contributed by atoms with Crippen LogP contribution in [0, 0.1) is 0 Å². The van der Waals surface area contributed by atoms with Gasteiger partial charge in [-0.3, -0.25) is 4.79 Å². The van der Waals surface area contributed by atoms with Crippen LogP contribution in [-0.4, -0.2) is 54.1 Å². The van der Waals surface area contributed by atoms with Crippen molar-refractivity contribution >= 4 is 11.6 Å². The monoisotopic (exact) mass is 550 g/mol. The number of benzene rings is 3. The highest BCUT2D eigenvalue weighted by atomic mass is 16.5. The van der Waals surface area contributed by atoms with Gasteiger partial charge in [-0.25, -0.2) is 0 Å². The van der Waals surface area contributed by atoms with Crippen LogP contribution in [0.2, 0.25) is 0 Å². The molecule has 0 radical (unpaired) electrons. The molecule has 0 aromatic heterocycles. The number of hydrogen-bond acceptors (Lipinski definition) is 7. The molecule has 3 rings (SSSR count). The van der Waals surface area contributed by atoms with Crippen LogP contribution in [0.25, 0.3) is 0 Å². The molecule has 0 fully saturated rings. The van der Waals surface area contributed by atoms with Crippen molar-refractivity contribution in [2.45, 2.75) is 52.4 Å². The molecule has 3 aromatic rings. The zero-order valence-electron chi connectivity index (χ0n) is 23.5. The number of rotatable bonds is 17. The number of amides is 1. The van der Waals surface area contributed by atoms with Gasteiger partial charge in [0.2, 0.25) is 5.91 Å². The second kappa shape index (κ2) is 16.6. The maximum atomic E-state index is 12.0. The molecule has 0 saturated heterocycles. The second-order valence-corrected chi connectivity index (χ2v) is 9.76. The lowest BCUT2D eigenvalue weighted by atomic mass is 10.1. The van der Waals surface area contributed by atoms with Crippen molar-refractivity contribution in [2.24, 2.45) is 0 Å². The Bertz CT molecular complexity index is 1180. The van der Waals surface area contributed by atoms with Crippen molar-refractivity contribution in [3.05, 3.63) is 89.0 Å². The van der Waals surface area contributed by atoms with Gasteiger partial charge in [-0.2, -0.15) is 0 Å². The number of carbonyl (C=O) groups is 1. The van der Waals surface area contributed by atoms with Gasteiger partial charge in [0.25, 0.3) is 0 Å². The first-order valence-electron chi connectivity index (χ1n) is 13.9. The zero-order chi connectivity index (χ0) is 28.7. The molecule has 40 heavy (non-hydrogen) atoms. The van der Waals surface area contributed by atoms with Crippen LogP contribution in [0.15, 0.2) is 66.7 Å². The molecule has 8 nitrogen and oxygen atoms in total. The predicted molar refractivity (Wildman–Crippen MR) is 157 cm³/mol. The summed E-state index contributed by atoms with van der Waals surface area (Å²) < 4.78 is 11.6. The van der Waals surface area contributed by atoms with E-state index in [1.807, 2.05) is 53.4 Å². The van der Waals surface area contributed by atoms with E-state index in [-0.39, 0.29) is 18.3 Å². The van der Waals surface area contributed by atoms with Crippen molar-refractivity contribution in [3.63, 3.8) is 0 Å². The molecule has 3 aromatic carbocycles. The van der Waals surface area contributed by atoms with E-state index in [0.717, 1.165) is 48.4 Å². The molecule has 216 valence electrons. The highest BCUT2D eigenvalue weighted by Crippen LogP contribution is 2.22. The third-order valence-electron chi connectivity index (χ3n) is 6.61. The van der Waals surface area contributed by atoms with Crippen LogP contribution in [0.5, 0.6) is 11.5 Å². The maximum Gasteiger partial charge on any atom is 0.223 e. The van der Waals surface area contributed by atoms with E-state index in [9.17, 15) is 20.1 Å². The van der Waals surface area contributed by atoms with E-state index in [2.05, 4.69) is 12.2 Å². The van der Waals surface area contributed by atoms with Crippen LogP contribution in [-0.2, 0) is 29.2 Å². The Morgan fingerprint density at radius 2 is 1.82 bits per heavy atom. The summed E-state index contributed by atoms with van der Waals surface area (Å²) in [5, 5.41) is 32.5. The largest absolute Gasteiger partial charge is 0.508 e. The number of nitrogens with zero attached hydrogens (tertiary/aromatic N) is 1. The molecule has 1 amide bonds. The SMILES string of the molecule is CCCCN(C(C)=O)c1cccc(COCCOc2ccc(CCNC[C@@H](O)c3ccc(O)c(CO)c3)cc2)c1. The van der Waals surface area contributed by atoms with E-state index < -0.39 is 6.10 Å². The lowest BCUT2D eigenvalue weighted by Gasteiger charge is -2.21. The van der Waals surface area contributed by atoms with E-state index in [0.29, 0.717) is 44.0 Å². The summed E-state index contributed by atoms with van der Waals surface area (Å²) in [6, 6.07) is 20.6. The quantitative estimate of drug-likeness (QED) is 0.183. The maximum absolute atomic E-state index is 12.0. The molecule has 1 atom stereocenters. The van der Waals surface area contributed by atoms with Crippen molar-refractivity contribution in [2.75, 3.05) is 37.7 Å². The molecular formula is C32H42N2O6. The third kappa shape index (κ3) is 9.95. The molecule has 4 N–H and O–H groups in total. The van der Waals surface area contributed by atoms with Gasteiger partial charge in [0.05, 0.1) is 25.9 Å². The first-order chi connectivity index (χ1) is 19.4. The number of aromatic hydroxyl groups is 1. The van der Waals surface area contributed by atoms with Gasteiger partial charge in [-0.1, -0.05) is 43.7 Å². The first-order valence-corrected chi connectivity index (χ1v) is 13.9. The van der Waals surface area contributed by atoms with E-state index in [1.165, 1.54) is 6.07 Å². The van der Waals surface area contributed by atoms with E-state index >= 15 is 0 Å². The number of ether oxygens (including phenoxy) is 2. The smallest absolute Gasteiger partial charge is 0.223 e.